The summed E-state index contributed by atoms with van der Waals surface area (Å²) in [6.45, 7) is 0.253. The summed E-state index contributed by atoms with van der Waals surface area (Å²) in [4.78, 5) is 12.5. The van der Waals surface area contributed by atoms with E-state index in [0.717, 1.165) is 33.4 Å². The maximum Gasteiger partial charge on any atom is 0.310 e. The summed E-state index contributed by atoms with van der Waals surface area (Å²) in [6, 6.07) is 24.9. The number of esters is 1. The van der Waals surface area contributed by atoms with E-state index < -0.39 is 0 Å². The highest BCUT2D eigenvalue weighted by molar-refractivity contribution is 5.79. The topological polar surface area (TPSA) is 72.5 Å². The van der Waals surface area contributed by atoms with Crippen molar-refractivity contribution in [3.63, 3.8) is 0 Å². The van der Waals surface area contributed by atoms with Gasteiger partial charge in [-0.05, 0) is 59.5 Å². The van der Waals surface area contributed by atoms with Gasteiger partial charge in [0.25, 0.3) is 0 Å². The van der Waals surface area contributed by atoms with Crippen LogP contribution < -0.4 is 4.74 Å². The highest BCUT2D eigenvalue weighted by Crippen LogP contribution is 2.24. The Labute approximate surface area is 186 Å². The zero-order chi connectivity index (χ0) is 22.3. The summed E-state index contributed by atoms with van der Waals surface area (Å²) in [5, 5.41) is 9.99. The number of hydrogen-bond acceptors (Lipinski definition) is 5. The molecule has 0 aliphatic heterocycles. The Bertz CT molecular complexity index is 1270. The lowest BCUT2D eigenvalue weighted by atomic mass is 9.99. The number of methoxy groups -OCH3 is 1. The molecule has 1 aromatic heterocycles. The molecule has 0 saturated carbocycles. The molecule has 5 heteroatoms. The maximum atomic E-state index is 12.5. The van der Waals surface area contributed by atoms with Crippen molar-refractivity contribution in [1.82, 2.24) is 0 Å². The number of ether oxygens (including phenoxy) is 2. The highest BCUT2D eigenvalue weighted by atomic mass is 16.5. The van der Waals surface area contributed by atoms with E-state index in [-0.39, 0.29) is 19.0 Å². The molecule has 1 heterocycles. The second-order valence-electron chi connectivity index (χ2n) is 7.53. The molecule has 0 saturated heterocycles. The van der Waals surface area contributed by atoms with Crippen molar-refractivity contribution in [3.8, 4) is 11.8 Å². The van der Waals surface area contributed by atoms with Gasteiger partial charge in [0, 0.05) is 11.8 Å². The van der Waals surface area contributed by atoms with Crippen molar-refractivity contribution >= 4 is 16.9 Å². The minimum Gasteiger partial charge on any atom is -0.497 e. The Morgan fingerprint density at radius 1 is 0.969 bits per heavy atom. The third kappa shape index (κ3) is 5.16. The van der Waals surface area contributed by atoms with Gasteiger partial charge in [0.2, 0.25) is 0 Å². The van der Waals surface area contributed by atoms with Gasteiger partial charge in [-0.1, -0.05) is 36.4 Å². The summed E-state index contributed by atoms with van der Waals surface area (Å²) >= 11 is 0. The van der Waals surface area contributed by atoms with E-state index in [1.165, 1.54) is 0 Å². The predicted octanol–water partition coefficient (Wildman–Crippen LogP) is 5.38. The van der Waals surface area contributed by atoms with Crippen molar-refractivity contribution in [1.29, 1.82) is 5.26 Å². The minimum absolute atomic E-state index is 0.172. The number of carbonyl (C=O) groups excluding carboxylic acids is 1. The standard InChI is InChI=1S/C27H23NO4/c1-30-24-10-8-21(9-11-25-15-23-13-20(17-28)7-12-26(23)32-25)22(14-24)16-27(29)31-18-19-5-3-2-4-6-19/h2-8,10,12-15H,9,11,16,18H2,1H3. The van der Waals surface area contributed by atoms with Crippen LogP contribution in [-0.4, -0.2) is 13.1 Å². The average Bonchev–Trinajstić information content (AvgIpc) is 3.24. The highest BCUT2D eigenvalue weighted by Gasteiger charge is 2.13. The van der Waals surface area contributed by atoms with Crippen LogP contribution in [0.1, 0.15) is 28.0 Å². The van der Waals surface area contributed by atoms with E-state index in [1.807, 2.05) is 66.7 Å². The largest absolute Gasteiger partial charge is 0.497 e. The molecule has 5 nitrogen and oxygen atoms in total. The number of carbonyl (C=O) groups is 1. The van der Waals surface area contributed by atoms with Crippen LogP contribution in [0.3, 0.4) is 0 Å². The van der Waals surface area contributed by atoms with Crippen molar-refractivity contribution in [2.75, 3.05) is 7.11 Å². The van der Waals surface area contributed by atoms with E-state index in [9.17, 15) is 4.79 Å². The lowest BCUT2D eigenvalue weighted by Crippen LogP contribution is -2.10. The molecule has 0 aliphatic carbocycles. The molecule has 0 bridgehead atoms. The van der Waals surface area contributed by atoms with Crippen molar-refractivity contribution in [2.45, 2.75) is 25.9 Å². The molecule has 0 fully saturated rings. The van der Waals surface area contributed by atoms with Gasteiger partial charge in [-0.15, -0.1) is 0 Å². The first-order valence-corrected chi connectivity index (χ1v) is 10.4. The van der Waals surface area contributed by atoms with Crippen LogP contribution in [0, 0.1) is 11.3 Å². The van der Waals surface area contributed by atoms with E-state index in [1.54, 1.807) is 13.2 Å². The van der Waals surface area contributed by atoms with Crippen LogP contribution in [0.15, 0.2) is 77.2 Å². The Kier molecular flexibility index (Phi) is 6.52. The van der Waals surface area contributed by atoms with Crippen molar-refractivity contribution in [3.05, 3.63) is 101 Å². The van der Waals surface area contributed by atoms with Gasteiger partial charge in [0.1, 0.15) is 23.7 Å². The molecule has 0 radical (unpaired) electrons. The number of aryl methyl sites for hydroxylation is 2. The quantitative estimate of drug-likeness (QED) is 0.354. The molecule has 4 aromatic rings. The number of benzene rings is 3. The molecule has 3 aromatic carbocycles. The molecule has 0 atom stereocenters. The van der Waals surface area contributed by atoms with E-state index in [4.69, 9.17) is 19.2 Å². The van der Waals surface area contributed by atoms with Gasteiger partial charge in [-0.3, -0.25) is 4.79 Å². The number of furan rings is 1. The first-order chi connectivity index (χ1) is 15.6. The van der Waals surface area contributed by atoms with Crippen LogP contribution >= 0.6 is 0 Å². The van der Waals surface area contributed by atoms with Crippen LogP contribution in [0.4, 0.5) is 0 Å². The van der Waals surface area contributed by atoms with Crippen LogP contribution in [0.5, 0.6) is 5.75 Å². The summed E-state index contributed by atoms with van der Waals surface area (Å²) in [5.74, 6) is 1.26. The Morgan fingerprint density at radius 2 is 1.81 bits per heavy atom. The number of fused-ring (bicyclic) bond motifs is 1. The SMILES string of the molecule is COc1ccc(CCc2cc3cc(C#N)ccc3o2)c(CC(=O)OCc2ccccc2)c1. The van der Waals surface area contributed by atoms with Crippen molar-refractivity contribution < 1.29 is 18.7 Å². The van der Waals surface area contributed by atoms with E-state index >= 15 is 0 Å². The van der Waals surface area contributed by atoms with Crippen molar-refractivity contribution in [2.24, 2.45) is 0 Å². The Hall–Kier alpha value is -4.04. The molecule has 0 amide bonds. The third-order valence-corrected chi connectivity index (χ3v) is 5.33. The summed E-state index contributed by atoms with van der Waals surface area (Å²) in [7, 11) is 1.61. The summed E-state index contributed by atoms with van der Waals surface area (Å²) in [5.41, 5.74) is 4.25. The fourth-order valence-electron chi connectivity index (χ4n) is 3.63. The minimum atomic E-state index is -0.281. The van der Waals surface area contributed by atoms with Gasteiger partial charge in [-0.25, -0.2) is 0 Å². The van der Waals surface area contributed by atoms with Gasteiger partial charge in [0.05, 0.1) is 25.2 Å². The summed E-state index contributed by atoms with van der Waals surface area (Å²) in [6.07, 6.45) is 1.55. The first kappa shape index (κ1) is 21.2. The van der Waals surface area contributed by atoms with Crippen LogP contribution in [-0.2, 0) is 35.4 Å². The Balaban J connectivity index is 1.45. The third-order valence-electron chi connectivity index (χ3n) is 5.33. The number of nitrogens with zero attached hydrogens (tertiary/aromatic N) is 1. The zero-order valence-corrected chi connectivity index (χ0v) is 17.8. The van der Waals surface area contributed by atoms with Gasteiger partial charge >= 0.3 is 5.97 Å². The monoisotopic (exact) mass is 425 g/mol. The maximum absolute atomic E-state index is 12.5. The average molecular weight is 425 g/mol. The lowest BCUT2D eigenvalue weighted by Gasteiger charge is -2.11. The molecule has 0 spiro atoms. The molecule has 0 N–H and O–H groups in total. The summed E-state index contributed by atoms with van der Waals surface area (Å²) < 4.78 is 16.7. The molecule has 0 aliphatic rings. The Morgan fingerprint density at radius 3 is 2.59 bits per heavy atom. The first-order valence-electron chi connectivity index (χ1n) is 10.4. The van der Waals surface area contributed by atoms with Gasteiger partial charge < -0.3 is 13.9 Å². The predicted molar refractivity (Wildman–Crippen MR) is 121 cm³/mol. The smallest absolute Gasteiger partial charge is 0.310 e. The van der Waals surface area contributed by atoms with Crippen LogP contribution in [0.25, 0.3) is 11.0 Å². The second kappa shape index (κ2) is 9.84. The molecule has 160 valence electrons. The normalized spacial score (nSPS) is 10.6. The van der Waals surface area contributed by atoms with E-state index in [2.05, 4.69) is 6.07 Å². The molecular formula is C27H23NO4. The van der Waals surface area contributed by atoms with Gasteiger partial charge in [0.15, 0.2) is 0 Å². The van der Waals surface area contributed by atoms with E-state index in [0.29, 0.717) is 24.2 Å². The molecule has 32 heavy (non-hydrogen) atoms. The number of rotatable bonds is 8. The van der Waals surface area contributed by atoms with Gasteiger partial charge in [-0.2, -0.15) is 5.26 Å². The fourth-order valence-corrected chi connectivity index (χ4v) is 3.63. The molecule has 4 rings (SSSR count). The zero-order valence-electron chi connectivity index (χ0n) is 17.8. The number of hydrogen-bond donors (Lipinski definition) is 0. The molecular weight excluding hydrogens is 402 g/mol. The van der Waals surface area contributed by atoms with Crippen LogP contribution in [0.2, 0.25) is 0 Å². The molecule has 0 unspecified atom stereocenters. The number of nitriles is 1. The lowest BCUT2D eigenvalue weighted by molar-refractivity contribution is -0.144. The second-order valence-corrected chi connectivity index (χ2v) is 7.53. The fraction of sp³-hybridized carbons (Fsp3) is 0.185.